The van der Waals surface area contributed by atoms with Crippen LogP contribution in [0, 0.1) is 11.8 Å². The molecule has 1 heterocycles. The maximum Gasteiger partial charge on any atom is 0.405 e. The average molecular weight is 353 g/mol. The van der Waals surface area contributed by atoms with Crippen molar-refractivity contribution in [3.8, 4) is 0 Å². The van der Waals surface area contributed by atoms with Gasteiger partial charge in [-0.05, 0) is 25.7 Å². The summed E-state index contributed by atoms with van der Waals surface area (Å²) in [4.78, 5) is 47.4. The molecule has 1 saturated heterocycles. The molecule has 2 rings (SSSR count). The SMILES string of the molecule is C[C@H](NC(=O)[C@H](CC1CCCCC1)NC(=O)O)C(=O)[C@@H]1CCNC1=O. The molecule has 4 N–H and O–H groups in total. The van der Waals surface area contributed by atoms with Crippen LogP contribution >= 0.6 is 0 Å². The standard InChI is InChI=1S/C17H27N3O5/c1-10(14(21)12-7-8-18-15(12)22)19-16(23)13(20-17(24)25)9-11-5-3-2-4-6-11/h10-13,20H,2-9H2,1H3,(H,18,22)(H,19,23)(H,24,25)/t10-,12-,13-/m0/s1. The number of carbonyl (C=O) groups is 4. The Labute approximate surface area is 147 Å². The van der Waals surface area contributed by atoms with Gasteiger partial charge in [0.2, 0.25) is 11.8 Å². The Morgan fingerprint density at radius 2 is 1.84 bits per heavy atom. The van der Waals surface area contributed by atoms with Crippen LogP contribution in [0.5, 0.6) is 0 Å². The van der Waals surface area contributed by atoms with Crippen LogP contribution in [0.1, 0.15) is 51.9 Å². The number of ketones is 1. The predicted octanol–water partition coefficient (Wildman–Crippen LogP) is 0.803. The fourth-order valence-corrected chi connectivity index (χ4v) is 3.69. The van der Waals surface area contributed by atoms with Crippen LogP contribution in [0.2, 0.25) is 0 Å². The number of Topliss-reactive ketones (excluding diaryl/α,β-unsaturated/α-hetero) is 1. The Kier molecular flexibility index (Phi) is 6.78. The first-order valence-corrected chi connectivity index (χ1v) is 8.99. The Morgan fingerprint density at radius 3 is 2.40 bits per heavy atom. The van der Waals surface area contributed by atoms with Gasteiger partial charge in [0.25, 0.3) is 0 Å². The number of carboxylic acid groups (broad SMARTS) is 1. The second-order valence-electron chi connectivity index (χ2n) is 7.01. The van der Waals surface area contributed by atoms with E-state index in [0.717, 1.165) is 25.7 Å². The summed E-state index contributed by atoms with van der Waals surface area (Å²) < 4.78 is 0. The fraction of sp³-hybridized carbons (Fsp3) is 0.765. The first kappa shape index (κ1) is 19.2. The zero-order valence-corrected chi connectivity index (χ0v) is 14.5. The first-order valence-electron chi connectivity index (χ1n) is 8.99. The van der Waals surface area contributed by atoms with Gasteiger partial charge in [0.15, 0.2) is 5.78 Å². The van der Waals surface area contributed by atoms with E-state index in [1.54, 1.807) is 0 Å². The van der Waals surface area contributed by atoms with Crippen molar-refractivity contribution in [3.05, 3.63) is 0 Å². The Hall–Kier alpha value is -2.12. The highest BCUT2D eigenvalue weighted by Crippen LogP contribution is 2.27. The molecule has 2 aliphatic rings. The molecule has 3 atom stereocenters. The third-order valence-electron chi connectivity index (χ3n) is 5.09. The summed E-state index contributed by atoms with van der Waals surface area (Å²) in [5.74, 6) is -1.58. The lowest BCUT2D eigenvalue weighted by Crippen LogP contribution is -2.52. The summed E-state index contributed by atoms with van der Waals surface area (Å²) in [6.45, 7) is 1.99. The van der Waals surface area contributed by atoms with Gasteiger partial charge >= 0.3 is 6.09 Å². The van der Waals surface area contributed by atoms with Crippen molar-refractivity contribution in [1.82, 2.24) is 16.0 Å². The summed E-state index contributed by atoms with van der Waals surface area (Å²) >= 11 is 0. The highest BCUT2D eigenvalue weighted by Gasteiger charge is 2.35. The molecule has 1 saturated carbocycles. The minimum Gasteiger partial charge on any atom is -0.465 e. The van der Waals surface area contributed by atoms with Gasteiger partial charge in [0.1, 0.15) is 12.0 Å². The number of rotatable bonds is 7. The molecule has 1 aliphatic heterocycles. The zero-order valence-electron chi connectivity index (χ0n) is 14.5. The topological polar surface area (TPSA) is 125 Å². The number of amides is 3. The van der Waals surface area contributed by atoms with Gasteiger partial charge in [0, 0.05) is 6.54 Å². The number of nitrogens with one attached hydrogen (secondary N) is 3. The van der Waals surface area contributed by atoms with Gasteiger partial charge in [-0.3, -0.25) is 14.4 Å². The van der Waals surface area contributed by atoms with Crippen molar-refractivity contribution in [2.45, 2.75) is 64.0 Å². The molecule has 2 fully saturated rings. The molecule has 25 heavy (non-hydrogen) atoms. The summed E-state index contributed by atoms with van der Waals surface area (Å²) in [6.07, 6.45) is 4.94. The smallest absolute Gasteiger partial charge is 0.405 e. The first-order chi connectivity index (χ1) is 11.9. The maximum absolute atomic E-state index is 12.5. The van der Waals surface area contributed by atoms with Crippen LogP contribution < -0.4 is 16.0 Å². The number of carbonyl (C=O) groups excluding carboxylic acids is 3. The van der Waals surface area contributed by atoms with Gasteiger partial charge in [-0.15, -0.1) is 0 Å². The Morgan fingerprint density at radius 1 is 1.16 bits per heavy atom. The third kappa shape index (κ3) is 5.44. The second-order valence-corrected chi connectivity index (χ2v) is 7.01. The monoisotopic (exact) mass is 353 g/mol. The van der Waals surface area contributed by atoms with Gasteiger partial charge in [0.05, 0.1) is 6.04 Å². The highest BCUT2D eigenvalue weighted by atomic mass is 16.4. The fourth-order valence-electron chi connectivity index (χ4n) is 3.69. The van der Waals surface area contributed by atoms with E-state index >= 15 is 0 Å². The molecule has 0 aromatic rings. The zero-order chi connectivity index (χ0) is 18.4. The van der Waals surface area contributed by atoms with Crippen molar-refractivity contribution < 1.29 is 24.3 Å². The quantitative estimate of drug-likeness (QED) is 0.504. The molecule has 0 aromatic carbocycles. The van der Waals surface area contributed by atoms with E-state index in [-0.39, 0.29) is 11.7 Å². The van der Waals surface area contributed by atoms with Gasteiger partial charge in [-0.25, -0.2) is 4.79 Å². The summed E-state index contributed by atoms with van der Waals surface area (Å²) in [6, 6.07) is -1.71. The van der Waals surface area contributed by atoms with Crippen LogP contribution in [0.15, 0.2) is 0 Å². The minimum atomic E-state index is -1.26. The molecule has 1 aliphatic carbocycles. The highest BCUT2D eigenvalue weighted by molar-refractivity contribution is 6.06. The normalized spacial score (nSPS) is 23.4. The van der Waals surface area contributed by atoms with E-state index in [4.69, 9.17) is 5.11 Å². The molecule has 8 nitrogen and oxygen atoms in total. The van der Waals surface area contributed by atoms with E-state index < -0.39 is 30.0 Å². The van der Waals surface area contributed by atoms with E-state index in [1.165, 1.54) is 13.3 Å². The molecule has 0 unspecified atom stereocenters. The van der Waals surface area contributed by atoms with Crippen LogP contribution in [0.25, 0.3) is 0 Å². The lowest BCUT2D eigenvalue weighted by molar-refractivity contribution is -0.135. The number of hydrogen-bond acceptors (Lipinski definition) is 4. The molecule has 3 amide bonds. The largest absolute Gasteiger partial charge is 0.465 e. The van der Waals surface area contributed by atoms with Gasteiger partial charge in [-0.2, -0.15) is 0 Å². The van der Waals surface area contributed by atoms with Crippen molar-refractivity contribution in [1.29, 1.82) is 0 Å². The molecular weight excluding hydrogens is 326 g/mol. The molecule has 0 radical (unpaired) electrons. The van der Waals surface area contributed by atoms with Crippen LogP contribution in [-0.4, -0.2) is 47.4 Å². The van der Waals surface area contributed by atoms with Crippen LogP contribution in [0.3, 0.4) is 0 Å². The Balaban J connectivity index is 1.93. The van der Waals surface area contributed by atoms with E-state index in [1.807, 2.05) is 0 Å². The minimum absolute atomic E-state index is 0.308. The van der Waals surface area contributed by atoms with Crippen LogP contribution in [0.4, 0.5) is 4.79 Å². The molecule has 0 bridgehead atoms. The molecule has 140 valence electrons. The molecule has 8 heteroatoms. The molecule has 0 aromatic heterocycles. The Bertz CT molecular complexity index is 530. The van der Waals surface area contributed by atoms with Crippen LogP contribution in [-0.2, 0) is 14.4 Å². The van der Waals surface area contributed by atoms with Gasteiger partial charge in [-0.1, -0.05) is 32.1 Å². The second kappa shape index (κ2) is 8.82. The maximum atomic E-state index is 12.5. The van der Waals surface area contributed by atoms with E-state index in [0.29, 0.717) is 25.3 Å². The molecule has 0 spiro atoms. The predicted molar refractivity (Wildman–Crippen MR) is 89.9 cm³/mol. The van der Waals surface area contributed by atoms with Crippen molar-refractivity contribution >= 4 is 23.7 Å². The average Bonchev–Trinajstić information content (AvgIpc) is 3.00. The van der Waals surface area contributed by atoms with Crippen molar-refractivity contribution in [2.75, 3.05) is 6.54 Å². The summed E-state index contributed by atoms with van der Waals surface area (Å²) in [5, 5.41) is 16.4. The van der Waals surface area contributed by atoms with E-state index in [2.05, 4.69) is 16.0 Å². The van der Waals surface area contributed by atoms with E-state index in [9.17, 15) is 19.2 Å². The van der Waals surface area contributed by atoms with Crippen molar-refractivity contribution in [3.63, 3.8) is 0 Å². The molecular formula is C17H27N3O5. The lowest BCUT2D eigenvalue weighted by atomic mass is 9.84. The third-order valence-corrected chi connectivity index (χ3v) is 5.09. The summed E-state index contributed by atoms with van der Waals surface area (Å²) in [7, 11) is 0. The number of hydrogen-bond donors (Lipinski definition) is 4. The van der Waals surface area contributed by atoms with Crippen molar-refractivity contribution in [2.24, 2.45) is 11.8 Å². The van der Waals surface area contributed by atoms with Gasteiger partial charge < -0.3 is 21.1 Å². The lowest BCUT2D eigenvalue weighted by Gasteiger charge is -2.27. The summed E-state index contributed by atoms with van der Waals surface area (Å²) in [5.41, 5.74) is 0.